The van der Waals surface area contributed by atoms with Gasteiger partial charge in [0, 0.05) is 39.8 Å². The Labute approximate surface area is 114 Å². The molecule has 0 spiro atoms. The molecule has 0 saturated carbocycles. The van der Waals surface area contributed by atoms with E-state index in [1.54, 1.807) is 7.11 Å². The summed E-state index contributed by atoms with van der Waals surface area (Å²) in [7, 11) is 1.71. The fraction of sp³-hybridized carbons (Fsp3) is 0.846. The second-order valence-electron chi connectivity index (χ2n) is 4.97. The number of ether oxygens (including phenoxy) is 1. The van der Waals surface area contributed by atoms with Crippen molar-refractivity contribution in [3.8, 4) is 0 Å². The number of carbonyl (C=O) groups excluding carboxylic acids is 1. The second kappa shape index (κ2) is 8.74. The maximum Gasteiger partial charge on any atom is 0.317 e. The number of carboxylic acid groups (broad SMARTS) is 1. The van der Waals surface area contributed by atoms with E-state index in [0.717, 1.165) is 39.0 Å². The quantitative estimate of drug-likeness (QED) is 0.715. The van der Waals surface area contributed by atoms with Crippen LogP contribution in [0.25, 0.3) is 0 Å². The Kier molecular flexibility index (Phi) is 7.25. The van der Waals surface area contributed by atoms with Crippen LogP contribution in [0.1, 0.15) is 32.1 Å². The summed E-state index contributed by atoms with van der Waals surface area (Å²) in [6.45, 7) is 2.70. The standard InChI is InChI=1S/C13H24N2O4/c1-19-10-11-4-3-8-15(9-6-11)13(18)14-7-2-5-12(16)17/h11H,2-10H2,1H3,(H,14,18)(H,16,17). The van der Waals surface area contributed by atoms with Gasteiger partial charge >= 0.3 is 12.0 Å². The van der Waals surface area contributed by atoms with Crippen LogP contribution in [0.3, 0.4) is 0 Å². The predicted molar refractivity (Wildman–Crippen MR) is 71.1 cm³/mol. The number of carboxylic acids is 1. The number of nitrogens with one attached hydrogen (secondary N) is 1. The molecule has 2 amide bonds. The van der Waals surface area contributed by atoms with Crippen molar-refractivity contribution >= 4 is 12.0 Å². The van der Waals surface area contributed by atoms with Gasteiger partial charge < -0.3 is 20.1 Å². The second-order valence-corrected chi connectivity index (χ2v) is 4.97. The molecule has 1 fully saturated rings. The smallest absolute Gasteiger partial charge is 0.317 e. The molecule has 0 bridgehead atoms. The monoisotopic (exact) mass is 272 g/mol. The highest BCUT2D eigenvalue weighted by molar-refractivity contribution is 5.74. The van der Waals surface area contributed by atoms with Crippen LogP contribution in [0, 0.1) is 5.92 Å². The molecular formula is C13H24N2O4. The van der Waals surface area contributed by atoms with Gasteiger partial charge in [0.2, 0.25) is 0 Å². The Bertz CT molecular complexity index is 296. The van der Waals surface area contributed by atoms with Crippen molar-refractivity contribution in [3.63, 3.8) is 0 Å². The minimum Gasteiger partial charge on any atom is -0.481 e. The van der Waals surface area contributed by atoms with E-state index in [1.165, 1.54) is 0 Å². The predicted octanol–water partition coefficient (Wildman–Crippen LogP) is 1.31. The number of hydrogen-bond donors (Lipinski definition) is 2. The normalized spacial score (nSPS) is 19.8. The molecule has 0 radical (unpaired) electrons. The molecule has 6 heteroatoms. The van der Waals surface area contributed by atoms with Gasteiger partial charge in [-0.2, -0.15) is 0 Å². The Hall–Kier alpha value is -1.30. The van der Waals surface area contributed by atoms with Crippen LogP contribution < -0.4 is 5.32 Å². The van der Waals surface area contributed by atoms with Crippen LogP contribution >= 0.6 is 0 Å². The van der Waals surface area contributed by atoms with Gasteiger partial charge in [0.25, 0.3) is 0 Å². The largest absolute Gasteiger partial charge is 0.481 e. The topological polar surface area (TPSA) is 78.9 Å². The number of urea groups is 1. The molecule has 1 heterocycles. The van der Waals surface area contributed by atoms with E-state index in [2.05, 4.69) is 5.32 Å². The minimum atomic E-state index is -0.827. The van der Waals surface area contributed by atoms with Crippen LogP contribution in [-0.2, 0) is 9.53 Å². The molecule has 2 N–H and O–H groups in total. The van der Waals surface area contributed by atoms with Crippen molar-refractivity contribution in [2.45, 2.75) is 32.1 Å². The molecule has 0 aromatic rings. The van der Waals surface area contributed by atoms with Crippen LogP contribution in [0.2, 0.25) is 0 Å². The Morgan fingerprint density at radius 3 is 2.84 bits per heavy atom. The van der Waals surface area contributed by atoms with Crippen LogP contribution in [0.15, 0.2) is 0 Å². The lowest BCUT2D eigenvalue weighted by molar-refractivity contribution is -0.137. The third-order valence-corrected chi connectivity index (χ3v) is 3.38. The van der Waals surface area contributed by atoms with Gasteiger partial charge in [-0.25, -0.2) is 4.79 Å². The molecular weight excluding hydrogens is 248 g/mol. The number of hydrogen-bond acceptors (Lipinski definition) is 3. The zero-order valence-electron chi connectivity index (χ0n) is 11.6. The Balaban J connectivity index is 2.23. The highest BCUT2D eigenvalue weighted by Crippen LogP contribution is 2.17. The molecule has 0 aromatic heterocycles. The third kappa shape index (κ3) is 6.42. The summed E-state index contributed by atoms with van der Waals surface area (Å²) in [5.41, 5.74) is 0. The minimum absolute atomic E-state index is 0.0801. The van der Waals surface area contributed by atoms with Crippen molar-refractivity contribution in [2.24, 2.45) is 5.92 Å². The molecule has 1 atom stereocenters. The van der Waals surface area contributed by atoms with Crippen molar-refractivity contribution in [2.75, 3.05) is 33.4 Å². The fourth-order valence-corrected chi connectivity index (χ4v) is 2.32. The van der Waals surface area contributed by atoms with E-state index in [9.17, 15) is 9.59 Å². The highest BCUT2D eigenvalue weighted by Gasteiger charge is 2.20. The summed E-state index contributed by atoms with van der Waals surface area (Å²) in [6, 6.07) is -0.0801. The summed E-state index contributed by atoms with van der Waals surface area (Å²) in [6.07, 6.45) is 3.63. The van der Waals surface area contributed by atoms with Crippen molar-refractivity contribution in [3.05, 3.63) is 0 Å². The molecule has 1 aliphatic rings. The van der Waals surface area contributed by atoms with E-state index >= 15 is 0 Å². The van der Waals surface area contributed by atoms with Gasteiger partial charge in [-0.1, -0.05) is 0 Å². The van der Waals surface area contributed by atoms with E-state index < -0.39 is 5.97 Å². The molecule has 0 aromatic carbocycles. The molecule has 19 heavy (non-hydrogen) atoms. The van der Waals surface area contributed by atoms with E-state index in [1.807, 2.05) is 4.90 Å². The van der Waals surface area contributed by atoms with Gasteiger partial charge in [-0.3, -0.25) is 4.79 Å². The van der Waals surface area contributed by atoms with Crippen LogP contribution in [0.5, 0.6) is 0 Å². The summed E-state index contributed by atoms with van der Waals surface area (Å²) in [5, 5.41) is 11.3. The molecule has 6 nitrogen and oxygen atoms in total. The Morgan fingerprint density at radius 2 is 2.16 bits per heavy atom. The zero-order valence-corrected chi connectivity index (χ0v) is 11.6. The third-order valence-electron chi connectivity index (χ3n) is 3.38. The molecule has 1 unspecified atom stereocenters. The molecule has 1 rings (SSSR count). The molecule has 110 valence electrons. The van der Waals surface area contributed by atoms with Gasteiger partial charge in [0.1, 0.15) is 0 Å². The number of methoxy groups -OCH3 is 1. The molecule has 1 saturated heterocycles. The molecule has 1 aliphatic heterocycles. The van der Waals surface area contributed by atoms with Crippen molar-refractivity contribution in [1.29, 1.82) is 0 Å². The zero-order chi connectivity index (χ0) is 14.1. The van der Waals surface area contributed by atoms with Gasteiger partial charge in [-0.15, -0.1) is 0 Å². The van der Waals surface area contributed by atoms with Gasteiger partial charge in [0.05, 0.1) is 0 Å². The summed E-state index contributed by atoms with van der Waals surface area (Å²) in [5.74, 6) is -0.291. The Morgan fingerprint density at radius 1 is 1.37 bits per heavy atom. The number of nitrogens with zero attached hydrogens (tertiary/aromatic N) is 1. The molecule has 0 aliphatic carbocycles. The summed E-state index contributed by atoms with van der Waals surface area (Å²) < 4.78 is 5.16. The first kappa shape index (κ1) is 15.8. The van der Waals surface area contributed by atoms with E-state index in [0.29, 0.717) is 18.9 Å². The van der Waals surface area contributed by atoms with Crippen LogP contribution in [-0.4, -0.2) is 55.4 Å². The number of carbonyl (C=O) groups is 2. The number of rotatable bonds is 6. The lowest BCUT2D eigenvalue weighted by atomic mass is 10.0. The number of aliphatic carboxylic acids is 1. The maximum atomic E-state index is 11.9. The van der Waals surface area contributed by atoms with Gasteiger partial charge in [0.15, 0.2) is 0 Å². The lowest BCUT2D eigenvalue weighted by Gasteiger charge is -2.21. The maximum absolute atomic E-state index is 11.9. The first-order chi connectivity index (χ1) is 9.13. The van der Waals surface area contributed by atoms with Crippen molar-refractivity contribution in [1.82, 2.24) is 10.2 Å². The van der Waals surface area contributed by atoms with Crippen LogP contribution in [0.4, 0.5) is 4.79 Å². The van der Waals surface area contributed by atoms with E-state index in [4.69, 9.17) is 9.84 Å². The van der Waals surface area contributed by atoms with E-state index in [-0.39, 0.29) is 12.5 Å². The summed E-state index contributed by atoms with van der Waals surface area (Å²) >= 11 is 0. The number of amides is 2. The van der Waals surface area contributed by atoms with Gasteiger partial charge in [-0.05, 0) is 31.6 Å². The fourth-order valence-electron chi connectivity index (χ4n) is 2.32. The highest BCUT2D eigenvalue weighted by atomic mass is 16.5. The summed E-state index contributed by atoms with van der Waals surface area (Å²) in [4.78, 5) is 24.1. The number of likely N-dealkylation sites (tertiary alicyclic amines) is 1. The van der Waals surface area contributed by atoms with Crippen molar-refractivity contribution < 1.29 is 19.4 Å². The lowest BCUT2D eigenvalue weighted by Crippen LogP contribution is -2.41. The first-order valence-corrected chi connectivity index (χ1v) is 6.87. The average Bonchev–Trinajstić information content (AvgIpc) is 2.60. The SMILES string of the molecule is COCC1CCCN(C(=O)NCCCC(=O)O)CC1. The average molecular weight is 272 g/mol. The first-order valence-electron chi connectivity index (χ1n) is 6.87.